The van der Waals surface area contributed by atoms with Gasteiger partial charge in [-0.1, -0.05) is 6.07 Å². The predicted octanol–water partition coefficient (Wildman–Crippen LogP) is 1.99. The largest absolute Gasteiger partial charge is 0.335 e. The van der Waals surface area contributed by atoms with E-state index in [9.17, 15) is 17.6 Å². The Hall–Kier alpha value is -1.51. The minimum absolute atomic E-state index is 0.0275. The molecule has 1 aromatic carbocycles. The van der Waals surface area contributed by atoms with Crippen LogP contribution in [0.4, 0.5) is 4.39 Å². The molecule has 1 atom stereocenters. The summed E-state index contributed by atoms with van der Waals surface area (Å²) in [6, 6.07) is 6.45. The topological polar surface area (TPSA) is 57.7 Å². The maximum Gasteiger partial charge on any atom is 0.264 e. The molecule has 8 heteroatoms. The molecule has 0 spiro atoms. The van der Waals surface area contributed by atoms with E-state index >= 15 is 0 Å². The molecule has 0 N–H and O–H groups in total. The van der Waals surface area contributed by atoms with Crippen LogP contribution in [0.15, 0.2) is 24.3 Å². The highest BCUT2D eigenvalue weighted by molar-refractivity contribution is 7.91. The summed E-state index contributed by atoms with van der Waals surface area (Å²) in [4.78, 5) is 17.3. The number of fused-ring (bicyclic) bond motifs is 1. The standard InChI is InChI=1S/C17H19FN2O3S2/c18-13-2-1-12-9-16(24-15(12)10-13)17(21)20-6-4-19(5-7-20)14-3-8-25(22,23)11-14/h1-2,9-10,14H,3-8,11H2. The molecule has 2 aliphatic rings. The van der Waals surface area contributed by atoms with Gasteiger partial charge in [-0.25, -0.2) is 12.8 Å². The normalized spacial score (nSPS) is 24.0. The number of thiophene rings is 1. The lowest BCUT2D eigenvalue weighted by Crippen LogP contribution is -2.52. The lowest BCUT2D eigenvalue weighted by Gasteiger charge is -2.37. The van der Waals surface area contributed by atoms with E-state index in [0.29, 0.717) is 37.5 Å². The summed E-state index contributed by atoms with van der Waals surface area (Å²) in [7, 11) is -2.89. The van der Waals surface area contributed by atoms with Gasteiger partial charge in [0, 0.05) is 36.9 Å². The van der Waals surface area contributed by atoms with Crippen LogP contribution in [0.25, 0.3) is 10.1 Å². The van der Waals surface area contributed by atoms with E-state index in [1.807, 2.05) is 6.07 Å². The highest BCUT2D eigenvalue weighted by atomic mass is 32.2. The van der Waals surface area contributed by atoms with Crippen molar-refractivity contribution < 1.29 is 17.6 Å². The number of benzene rings is 1. The molecule has 0 bridgehead atoms. The summed E-state index contributed by atoms with van der Waals surface area (Å²) in [5, 5.41) is 0.879. The Bertz CT molecular complexity index is 917. The number of amides is 1. The van der Waals surface area contributed by atoms with E-state index in [2.05, 4.69) is 4.90 Å². The van der Waals surface area contributed by atoms with Crippen molar-refractivity contribution in [2.45, 2.75) is 12.5 Å². The van der Waals surface area contributed by atoms with Crippen molar-refractivity contribution in [3.63, 3.8) is 0 Å². The van der Waals surface area contributed by atoms with Crippen molar-refractivity contribution in [3.8, 4) is 0 Å². The van der Waals surface area contributed by atoms with Gasteiger partial charge in [-0.05, 0) is 30.0 Å². The Morgan fingerprint density at radius 3 is 2.60 bits per heavy atom. The maximum atomic E-state index is 13.3. The third-order valence-electron chi connectivity index (χ3n) is 5.02. The second kappa shape index (κ2) is 6.34. The molecule has 2 aliphatic heterocycles. The Morgan fingerprint density at radius 2 is 1.92 bits per heavy atom. The van der Waals surface area contributed by atoms with Crippen molar-refractivity contribution in [3.05, 3.63) is 35.0 Å². The second-order valence-electron chi connectivity index (χ2n) is 6.68. The van der Waals surface area contributed by atoms with Crippen molar-refractivity contribution in [2.75, 3.05) is 37.7 Å². The van der Waals surface area contributed by atoms with Gasteiger partial charge in [0.05, 0.1) is 16.4 Å². The van der Waals surface area contributed by atoms with Gasteiger partial charge in [-0.2, -0.15) is 0 Å². The third kappa shape index (κ3) is 3.43. The van der Waals surface area contributed by atoms with Gasteiger partial charge < -0.3 is 4.90 Å². The Morgan fingerprint density at radius 1 is 1.16 bits per heavy atom. The fraction of sp³-hybridized carbons (Fsp3) is 0.471. The van der Waals surface area contributed by atoms with Crippen LogP contribution in [0.5, 0.6) is 0 Å². The fourth-order valence-corrected chi connectivity index (χ4v) is 6.44. The van der Waals surface area contributed by atoms with Crippen LogP contribution < -0.4 is 0 Å². The number of rotatable bonds is 2. The minimum Gasteiger partial charge on any atom is -0.335 e. The molecule has 134 valence electrons. The molecule has 25 heavy (non-hydrogen) atoms. The molecule has 2 aromatic rings. The first-order chi connectivity index (χ1) is 11.9. The van der Waals surface area contributed by atoms with Crippen LogP contribution in [-0.2, 0) is 9.84 Å². The maximum absolute atomic E-state index is 13.3. The zero-order valence-electron chi connectivity index (χ0n) is 13.7. The Kier molecular flexibility index (Phi) is 4.29. The Labute approximate surface area is 149 Å². The molecule has 4 rings (SSSR count). The molecule has 2 saturated heterocycles. The highest BCUT2D eigenvalue weighted by Crippen LogP contribution is 2.28. The van der Waals surface area contributed by atoms with Gasteiger partial charge in [0.15, 0.2) is 9.84 Å². The summed E-state index contributed by atoms with van der Waals surface area (Å²) >= 11 is 1.31. The molecule has 1 unspecified atom stereocenters. The zero-order chi connectivity index (χ0) is 17.6. The molecule has 0 saturated carbocycles. The molecule has 0 radical (unpaired) electrons. The summed E-state index contributed by atoms with van der Waals surface area (Å²) in [6.45, 7) is 2.59. The molecule has 1 amide bonds. The van der Waals surface area contributed by atoms with Crippen molar-refractivity contribution >= 4 is 37.2 Å². The molecule has 1 aromatic heterocycles. The molecular formula is C17H19FN2O3S2. The van der Waals surface area contributed by atoms with Gasteiger partial charge in [0.25, 0.3) is 5.91 Å². The quantitative estimate of drug-likeness (QED) is 0.797. The zero-order valence-corrected chi connectivity index (χ0v) is 15.3. The number of nitrogens with zero attached hydrogens (tertiary/aromatic N) is 2. The average Bonchev–Trinajstić information content (AvgIpc) is 3.17. The van der Waals surface area contributed by atoms with Gasteiger partial charge in [0.1, 0.15) is 5.82 Å². The fourth-order valence-electron chi connectivity index (χ4n) is 3.62. The van der Waals surface area contributed by atoms with Crippen LogP contribution in [0.1, 0.15) is 16.1 Å². The number of hydrogen-bond donors (Lipinski definition) is 0. The molecular weight excluding hydrogens is 363 g/mol. The minimum atomic E-state index is -2.89. The monoisotopic (exact) mass is 382 g/mol. The first kappa shape index (κ1) is 16.9. The number of sulfone groups is 1. The van der Waals surface area contributed by atoms with E-state index in [0.717, 1.165) is 10.1 Å². The van der Waals surface area contributed by atoms with Crippen LogP contribution in [0, 0.1) is 5.82 Å². The first-order valence-corrected chi connectivity index (χ1v) is 11.0. The summed E-state index contributed by atoms with van der Waals surface area (Å²) in [5.41, 5.74) is 0. The van der Waals surface area contributed by atoms with Crippen molar-refractivity contribution in [1.29, 1.82) is 0 Å². The summed E-state index contributed by atoms with van der Waals surface area (Å²) in [6.07, 6.45) is 0.693. The molecule has 5 nitrogen and oxygen atoms in total. The smallest absolute Gasteiger partial charge is 0.264 e. The van der Waals surface area contributed by atoms with E-state index in [-0.39, 0.29) is 29.3 Å². The third-order valence-corrected chi connectivity index (χ3v) is 7.86. The lowest BCUT2D eigenvalue weighted by molar-refractivity contribution is 0.0592. The second-order valence-corrected chi connectivity index (χ2v) is 9.99. The van der Waals surface area contributed by atoms with Crippen LogP contribution in [-0.4, -0.2) is 67.9 Å². The van der Waals surface area contributed by atoms with Gasteiger partial charge in [0.2, 0.25) is 0 Å². The van der Waals surface area contributed by atoms with Gasteiger partial charge in [-0.15, -0.1) is 11.3 Å². The average molecular weight is 382 g/mol. The van der Waals surface area contributed by atoms with Crippen LogP contribution >= 0.6 is 11.3 Å². The molecule has 3 heterocycles. The number of carbonyl (C=O) groups is 1. The van der Waals surface area contributed by atoms with E-state index < -0.39 is 9.84 Å². The number of carbonyl (C=O) groups excluding carboxylic acids is 1. The summed E-state index contributed by atoms with van der Waals surface area (Å²) in [5.74, 6) is 0.187. The number of hydrogen-bond acceptors (Lipinski definition) is 5. The SMILES string of the molecule is O=C(c1cc2ccc(F)cc2s1)N1CCN(C2CCS(=O)(=O)C2)CC1. The Balaban J connectivity index is 1.42. The molecule has 2 fully saturated rings. The highest BCUT2D eigenvalue weighted by Gasteiger charge is 2.34. The summed E-state index contributed by atoms with van der Waals surface area (Å²) < 4.78 is 37.4. The lowest BCUT2D eigenvalue weighted by atomic mass is 10.2. The van der Waals surface area contributed by atoms with Gasteiger partial charge >= 0.3 is 0 Å². The van der Waals surface area contributed by atoms with E-state index in [1.165, 1.54) is 23.5 Å². The van der Waals surface area contributed by atoms with E-state index in [4.69, 9.17) is 0 Å². The predicted molar refractivity (Wildman–Crippen MR) is 96.3 cm³/mol. The van der Waals surface area contributed by atoms with Gasteiger partial charge in [-0.3, -0.25) is 9.69 Å². The van der Waals surface area contributed by atoms with Crippen molar-refractivity contribution in [1.82, 2.24) is 9.80 Å². The van der Waals surface area contributed by atoms with Crippen LogP contribution in [0.3, 0.4) is 0 Å². The number of piperazine rings is 1. The van der Waals surface area contributed by atoms with E-state index in [1.54, 1.807) is 11.0 Å². The number of halogens is 1. The first-order valence-electron chi connectivity index (χ1n) is 8.34. The van der Waals surface area contributed by atoms with Crippen molar-refractivity contribution in [2.24, 2.45) is 0 Å². The van der Waals surface area contributed by atoms with Crippen LogP contribution in [0.2, 0.25) is 0 Å². The molecule has 0 aliphatic carbocycles.